The molecule has 3 rings (SSSR count). The molecule has 3 aromatic rings. The largest absolute Gasteiger partial charge is 0.302 e. The van der Waals surface area contributed by atoms with E-state index in [0.717, 1.165) is 17.0 Å². The van der Waals surface area contributed by atoms with Crippen LogP contribution in [0.25, 0.3) is 11.4 Å². The van der Waals surface area contributed by atoms with Crippen molar-refractivity contribution in [1.82, 2.24) is 20.2 Å². The average molecular weight is 434 g/mol. The van der Waals surface area contributed by atoms with Crippen LogP contribution in [-0.4, -0.2) is 32.6 Å². The number of rotatable bonds is 7. The van der Waals surface area contributed by atoms with E-state index < -0.39 is 0 Å². The Morgan fingerprint density at radius 3 is 2.39 bits per heavy atom. The van der Waals surface area contributed by atoms with Crippen LogP contribution in [0.5, 0.6) is 0 Å². The lowest BCUT2D eigenvalue weighted by Crippen LogP contribution is -2.20. The van der Waals surface area contributed by atoms with Crippen LogP contribution in [0.4, 0.5) is 0 Å². The zero-order chi connectivity index (χ0) is 19.9. The molecule has 0 spiro atoms. The number of thioether (sulfide) groups is 1. The molecule has 1 aromatic heterocycles. The van der Waals surface area contributed by atoms with Crippen LogP contribution in [0.15, 0.2) is 58.8 Å². The smallest absolute Gasteiger partial charge is 0.250 e. The molecule has 0 radical (unpaired) electrons. The van der Waals surface area contributed by atoms with Crippen molar-refractivity contribution >= 4 is 47.1 Å². The van der Waals surface area contributed by atoms with Gasteiger partial charge in [0, 0.05) is 22.2 Å². The highest BCUT2D eigenvalue weighted by molar-refractivity contribution is 7.99. The summed E-state index contributed by atoms with van der Waals surface area (Å²) in [7, 11) is 0. The van der Waals surface area contributed by atoms with Gasteiger partial charge < -0.3 is 4.57 Å². The number of carbonyl (C=O) groups is 1. The summed E-state index contributed by atoms with van der Waals surface area (Å²) in [6.45, 7) is 2.69. The predicted octanol–water partition coefficient (Wildman–Crippen LogP) is 4.51. The molecule has 0 saturated carbocycles. The van der Waals surface area contributed by atoms with E-state index in [1.54, 1.807) is 18.3 Å². The van der Waals surface area contributed by atoms with E-state index in [9.17, 15) is 4.79 Å². The van der Waals surface area contributed by atoms with E-state index in [1.165, 1.54) is 11.8 Å². The standard InChI is InChI=1S/C19H17Cl2N5OS/c1-2-26-18(14-5-9-16(21)10-6-14)24-25-19(26)28-12-17(27)23-22-11-13-3-7-15(20)8-4-13/h3-11H,2,12H2,1H3,(H,23,27). The van der Waals surface area contributed by atoms with E-state index in [-0.39, 0.29) is 11.7 Å². The maximum absolute atomic E-state index is 12.0. The number of carbonyl (C=O) groups excluding carboxylic acids is 1. The molecular weight excluding hydrogens is 417 g/mol. The van der Waals surface area contributed by atoms with E-state index in [2.05, 4.69) is 20.7 Å². The normalized spacial score (nSPS) is 11.1. The number of hydrogen-bond donors (Lipinski definition) is 1. The summed E-state index contributed by atoms with van der Waals surface area (Å²) >= 11 is 13.1. The molecule has 1 N–H and O–H groups in total. The van der Waals surface area contributed by atoms with E-state index in [0.29, 0.717) is 21.7 Å². The Bertz CT molecular complexity index is 971. The van der Waals surface area contributed by atoms with Crippen molar-refractivity contribution in [2.75, 3.05) is 5.75 Å². The molecule has 1 heterocycles. The lowest BCUT2D eigenvalue weighted by atomic mass is 10.2. The lowest BCUT2D eigenvalue weighted by Gasteiger charge is -2.07. The fraction of sp³-hybridized carbons (Fsp3) is 0.158. The SMILES string of the molecule is CCn1c(SCC(=O)NN=Cc2ccc(Cl)cc2)nnc1-c1ccc(Cl)cc1. The number of halogens is 2. The summed E-state index contributed by atoms with van der Waals surface area (Å²) in [6.07, 6.45) is 1.56. The summed E-state index contributed by atoms with van der Waals surface area (Å²) in [5.74, 6) is 0.688. The van der Waals surface area contributed by atoms with Gasteiger partial charge in [-0.1, -0.05) is 47.1 Å². The third-order valence-electron chi connectivity index (χ3n) is 3.74. The summed E-state index contributed by atoms with van der Waals surface area (Å²) in [6, 6.07) is 14.6. The van der Waals surface area contributed by atoms with Gasteiger partial charge in [0.05, 0.1) is 12.0 Å². The highest BCUT2D eigenvalue weighted by Gasteiger charge is 2.14. The molecule has 6 nitrogen and oxygen atoms in total. The van der Waals surface area contributed by atoms with Crippen molar-refractivity contribution in [3.63, 3.8) is 0 Å². The Morgan fingerprint density at radius 1 is 1.11 bits per heavy atom. The average Bonchev–Trinajstić information content (AvgIpc) is 3.11. The monoisotopic (exact) mass is 433 g/mol. The first-order valence-electron chi connectivity index (χ1n) is 8.46. The molecule has 144 valence electrons. The highest BCUT2D eigenvalue weighted by atomic mass is 35.5. The van der Waals surface area contributed by atoms with Gasteiger partial charge >= 0.3 is 0 Å². The van der Waals surface area contributed by atoms with Crippen molar-refractivity contribution in [1.29, 1.82) is 0 Å². The summed E-state index contributed by atoms with van der Waals surface area (Å²) in [5.41, 5.74) is 4.27. The molecule has 1 amide bonds. The molecule has 0 aliphatic rings. The summed E-state index contributed by atoms with van der Waals surface area (Å²) in [4.78, 5) is 12.0. The van der Waals surface area contributed by atoms with Gasteiger partial charge in [-0.25, -0.2) is 5.43 Å². The third kappa shape index (κ3) is 5.34. The highest BCUT2D eigenvalue weighted by Crippen LogP contribution is 2.25. The van der Waals surface area contributed by atoms with Gasteiger partial charge in [-0.15, -0.1) is 10.2 Å². The number of hydrogen-bond acceptors (Lipinski definition) is 5. The van der Waals surface area contributed by atoms with Gasteiger partial charge in [0.15, 0.2) is 11.0 Å². The van der Waals surface area contributed by atoms with Crippen molar-refractivity contribution in [2.24, 2.45) is 5.10 Å². The van der Waals surface area contributed by atoms with Crippen molar-refractivity contribution < 1.29 is 4.79 Å². The fourth-order valence-corrected chi connectivity index (χ4v) is 3.43. The van der Waals surface area contributed by atoms with Crippen molar-refractivity contribution in [3.8, 4) is 11.4 Å². The summed E-state index contributed by atoms with van der Waals surface area (Å²) in [5, 5.41) is 14.4. The molecule has 0 aliphatic heterocycles. The molecule has 0 saturated heterocycles. The van der Waals surface area contributed by atoms with Crippen LogP contribution < -0.4 is 5.43 Å². The molecule has 2 aromatic carbocycles. The van der Waals surface area contributed by atoms with Gasteiger partial charge in [0.2, 0.25) is 0 Å². The summed E-state index contributed by atoms with van der Waals surface area (Å²) < 4.78 is 1.96. The predicted molar refractivity (Wildman–Crippen MR) is 114 cm³/mol. The number of nitrogens with one attached hydrogen (secondary N) is 1. The van der Waals surface area contributed by atoms with E-state index in [1.807, 2.05) is 47.9 Å². The van der Waals surface area contributed by atoms with Crippen molar-refractivity contribution in [3.05, 3.63) is 64.1 Å². The second-order valence-electron chi connectivity index (χ2n) is 5.69. The number of benzene rings is 2. The van der Waals surface area contributed by atoms with Crippen LogP contribution in [0, 0.1) is 0 Å². The maximum Gasteiger partial charge on any atom is 0.250 e. The van der Waals surface area contributed by atoms with Crippen LogP contribution in [-0.2, 0) is 11.3 Å². The van der Waals surface area contributed by atoms with E-state index >= 15 is 0 Å². The van der Waals surface area contributed by atoms with Gasteiger partial charge in [0.25, 0.3) is 5.91 Å². The molecule has 28 heavy (non-hydrogen) atoms. The molecule has 0 unspecified atom stereocenters. The van der Waals surface area contributed by atoms with Crippen LogP contribution in [0.1, 0.15) is 12.5 Å². The van der Waals surface area contributed by atoms with Gasteiger partial charge in [-0.2, -0.15) is 5.10 Å². The quantitative estimate of drug-likeness (QED) is 0.337. The van der Waals surface area contributed by atoms with Gasteiger partial charge in [-0.05, 0) is 48.9 Å². The molecule has 9 heteroatoms. The first kappa shape index (κ1) is 20.4. The molecule has 0 fully saturated rings. The Hall–Kier alpha value is -2.35. The zero-order valence-corrected chi connectivity index (χ0v) is 17.3. The first-order chi connectivity index (χ1) is 13.6. The van der Waals surface area contributed by atoms with Crippen molar-refractivity contribution in [2.45, 2.75) is 18.6 Å². The van der Waals surface area contributed by atoms with Gasteiger partial charge in [0.1, 0.15) is 0 Å². The minimum Gasteiger partial charge on any atom is -0.302 e. The second kappa shape index (κ2) is 9.73. The van der Waals surface area contributed by atoms with Crippen LogP contribution >= 0.6 is 35.0 Å². The molecule has 0 atom stereocenters. The van der Waals surface area contributed by atoms with Gasteiger partial charge in [-0.3, -0.25) is 4.79 Å². The fourth-order valence-electron chi connectivity index (χ4n) is 2.38. The van der Waals surface area contributed by atoms with Crippen LogP contribution in [0.2, 0.25) is 10.0 Å². The molecule has 0 bridgehead atoms. The zero-order valence-electron chi connectivity index (χ0n) is 15.0. The topological polar surface area (TPSA) is 72.2 Å². The Kier molecular flexibility index (Phi) is 7.08. The third-order valence-corrected chi connectivity index (χ3v) is 5.21. The lowest BCUT2D eigenvalue weighted by molar-refractivity contribution is -0.118. The number of aromatic nitrogens is 3. The minimum absolute atomic E-state index is 0.177. The Morgan fingerprint density at radius 2 is 1.75 bits per heavy atom. The second-order valence-corrected chi connectivity index (χ2v) is 7.51. The maximum atomic E-state index is 12.0. The Balaban J connectivity index is 1.58. The Labute approximate surface area is 177 Å². The molecular formula is C19H17Cl2N5OS. The van der Waals surface area contributed by atoms with E-state index in [4.69, 9.17) is 23.2 Å². The number of hydrazone groups is 1. The minimum atomic E-state index is -0.228. The van der Waals surface area contributed by atoms with Crippen LogP contribution in [0.3, 0.4) is 0 Å². The number of amides is 1. The first-order valence-corrected chi connectivity index (χ1v) is 10.2. The molecule has 0 aliphatic carbocycles. The number of nitrogens with zero attached hydrogens (tertiary/aromatic N) is 4.